The number of hydrogen-bond donors (Lipinski definition) is 0. The molecule has 2 rings (SSSR count). The molecule has 1 heterocycles. The molecule has 1 aromatic carbocycles. The minimum atomic E-state index is -0.777. The molecule has 0 aliphatic carbocycles. The fraction of sp³-hybridized carbons (Fsp3) is 0.500. The molecule has 1 aromatic heterocycles. The predicted molar refractivity (Wildman–Crippen MR) is 140 cm³/mol. The Labute approximate surface area is 223 Å². The first kappa shape index (κ1) is 30.1. The molecular formula is C28H36ClNO7. The normalized spacial score (nSPS) is 13.4. The van der Waals surface area contributed by atoms with Crippen molar-refractivity contribution in [3.05, 3.63) is 46.7 Å². The molecule has 37 heavy (non-hydrogen) atoms. The lowest BCUT2D eigenvalue weighted by Gasteiger charge is -2.28. The molecular weight excluding hydrogens is 498 g/mol. The summed E-state index contributed by atoms with van der Waals surface area (Å²) in [4.78, 5) is 41.6. The van der Waals surface area contributed by atoms with Gasteiger partial charge in [-0.25, -0.2) is 4.98 Å². The van der Waals surface area contributed by atoms with Crippen molar-refractivity contribution in [1.29, 1.82) is 0 Å². The summed E-state index contributed by atoms with van der Waals surface area (Å²) in [5.41, 5.74) is 0.928. The molecule has 0 N–H and O–H groups in total. The standard InChI is InChI=1S/C28H36ClNO7/c1-8-34-24-11-12-30-26(27(24)36-20(7)31)22(32)15-18(5)28(33)35-19(6)25(13-16(2)3)37-23-10-9-17(4)14-21(23)29/h9-12,14,16,18-19,25H,8,13,15H2,1-7H3/t18-,19+,25-/m1/s1. The number of nitrogens with zero attached hydrogens (tertiary/aromatic N) is 1. The Morgan fingerprint density at radius 3 is 2.35 bits per heavy atom. The average Bonchev–Trinajstić information content (AvgIpc) is 2.80. The van der Waals surface area contributed by atoms with Gasteiger partial charge in [0.2, 0.25) is 5.75 Å². The smallest absolute Gasteiger partial charge is 0.309 e. The summed E-state index contributed by atoms with van der Waals surface area (Å²) in [6.45, 7) is 12.7. The van der Waals surface area contributed by atoms with Gasteiger partial charge >= 0.3 is 11.9 Å². The van der Waals surface area contributed by atoms with Gasteiger partial charge < -0.3 is 18.9 Å². The van der Waals surface area contributed by atoms with Crippen LogP contribution in [0.1, 0.15) is 70.4 Å². The van der Waals surface area contributed by atoms with Gasteiger partial charge in [-0.3, -0.25) is 14.4 Å². The molecule has 0 radical (unpaired) electrons. The first-order valence-electron chi connectivity index (χ1n) is 12.4. The number of pyridine rings is 1. The molecule has 0 saturated carbocycles. The van der Waals surface area contributed by atoms with E-state index in [2.05, 4.69) is 4.98 Å². The van der Waals surface area contributed by atoms with Crippen LogP contribution in [0.15, 0.2) is 30.5 Å². The van der Waals surface area contributed by atoms with E-state index in [4.69, 9.17) is 30.5 Å². The van der Waals surface area contributed by atoms with E-state index in [1.807, 2.05) is 32.9 Å². The van der Waals surface area contributed by atoms with E-state index in [-0.39, 0.29) is 29.5 Å². The van der Waals surface area contributed by atoms with Crippen molar-refractivity contribution in [1.82, 2.24) is 4.98 Å². The number of aromatic nitrogens is 1. The van der Waals surface area contributed by atoms with Crippen LogP contribution in [0.5, 0.6) is 17.2 Å². The zero-order valence-corrected chi connectivity index (χ0v) is 23.3. The van der Waals surface area contributed by atoms with E-state index >= 15 is 0 Å². The lowest BCUT2D eigenvalue weighted by Crippen LogP contribution is -2.36. The summed E-state index contributed by atoms with van der Waals surface area (Å²) in [5.74, 6) is -1.46. The number of Topliss-reactive ketones (excluding diaryl/α,β-unsaturated/α-hetero) is 1. The predicted octanol–water partition coefficient (Wildman–Crippen LogP) is 6.00. The minimum absolute atomic E-state index is 0.0591. The number of rotatable bonds is 13. The monoisotopic (exact) mass is 533 g/mol. The molecule has 0 fully saturated rings. The number of carbonyl (C=O) groups excluding carboxylic acids is 3. The van der Waals surface area contributed by atoms with Crippen LogP contribution in [0, 0.1) is 18.8 Å². The molecule has 0 unspecified atom stereocenters. The molecule has 0 bridgehead atoms. The zero-order chi connectivity index (χ0) is 27.7. The van der Waals surface area contributed by atoms with Crippen LogP contribution < -0.4 is 14.2 Å². The first-order chi connectivity index (χ1) is 17.4. The van der Waals surface area contributed by atoms with Gasteiger partial charge in [0.1, 0.15) is 18.0 Å². The van der Waals surface area contributed by atoms with E-state index < -0.39 is 35.8 Å². The average molecular weight is 534 g/mol. The fourth-order valence-electron chi connectivity index (χ4n) is 3.64. The van der Waals surface area contributed by atoms with Crippen LogP contribution >= 0.6 is 11.6 Å². The van der Waals surface area contributed by atoms with Crippen molar-refractivity contribution in [3.8, 4) is 17.2 Å². The third-order valence-electron chi connectivity index (χ3n) is 5.47. The molecule has 0 amide bonds. The number of ether oxygens (including phenoxy) is 4. The van der Waals surface area contributed by atoms with Crippen molar-refractivity contribution in [2.24, 2.45) is 11.8 Å². The van der Waals surface area contributed by atoms with Gasteiger partial charge in [0.25, 0.3) is 0 Å². The second-order valence-corrected chi connectivity index (χ2v) is 9.81. The van der Waals surface area contributed by atoms with Gasteiger partial charge in [-0.2, -0.15) is 0 Å². The van der Waals surface area contributed by atoms with Crippen LogP contribution in [0.4, 0.5) is 0 Å². The Hall–Kier alpha value is -3.13. The van der Waals surface area contributed by atoms with Crippen molar-refractivity contribution in [2.75, 3.05) is 6.61 Å². The highest BCUT2D eigenvalue weighted by Gasteiger charge is 2.29. The van der Waals surface area contributed by atoms with Gasteiger partial charge in [0, 0.05) is 25.6 Å². The zero-order valence-electron chi connectivity index (χ0n) is 22.5. The summed E-state index contributed by atoms with van der Waals surface area (Å²) in [6, 6.07) is 7.01. The number of carbonyl (C=O) groups is 3. The molecule has 8 nitrogen and oxygen atoms in total. The van der Waals surface area contributed by atoms with Crippen molar-refractivity contribution in [3.63, 3.8) is 0 Å². The maximum absolute atomic E-state index is 13.0. The first-order valence-corrected chi connectivity index (χ1v) is 12.8. The molecule has 0 aliphatic rings. The fourth-order valence-corrected chi connectivity index (χ4v) is 3.92. The molecule has 0 spiro atoms. The Morgan fingerprint density at radius 1 is 1.05 bits per heavy atom. The SMILES string of the molecule is CCOc1ccnc(C(=O)C[C@@H](C)C(=O)O[C@@H](C)[C@@H](CC(C)C)Oc2ccc(C)cc2Cl)c1OC(C)=O. The van der Waals surface area contributed by atoms with Gasteiger partial charge in [0.15, 0.2) is 17.2 Å². The Kier molecular flexibility index (Phi) is 11.4. The van der Waals surface area contributed by atoms with Crippen molar-refractivity contribution >= 4 is 29.3 Å². The highest BCUT2D eigenvalue weighted by Crippen LogP contribution is 2.32. The Balaban J connectivity index is 2.13. The maximum Gasteiger partial charge on any atom is 0.309 e. The lowest BCUT2D eigenvalue weighted by molar-refractivity contribution is -0.157. The van der Waals surface area contributed by atoms with E-state index in [0.29, 0.717) is 23.8 Å². The maximum atomic E-state index is 13.0. The molecule has 0 saturated heterocycles. The summed E-state index contributed by atoms with van der Waals surface area (Å²) >= 11 is 6.35. The van der Waals surface area contributed by atoms with Gasteiger partial charge in [0.05, 0.1) is 17.5 Å². The number of aryl methyl sites for hydroxylation is 1. The lowest BCUT2D eigenvalue weighted by atomic mass is 10.0. The van der Waals surface area contributed by atoms with Crippen LogP contribution in [-0.2, 0) is 14.3 Å². The van der Waals surface area contributed by atoms with Crippen molar-refractivity contribution in [2.45, 2.75) is 73.5 Å². The highest BCUT2D eigenvalue weighted by atomic mass is 35.5. The molecule has 3 atom stereocenters. The van der Waals surface area contributed by atoms with E-state index in [9.17, 15) is 14.4 Å². The Morgan fingerprint density at radius 2 is 1.76 bits per heavy atom. The van der Waals surface area contributed by atoms with Crippen molar-refractivity contribution < 1.29 is 33.3 Å². The van der Waals surface area contributed by atoms with E-state index in [1.54, 1.807) is 26.8 Å². The topological polar surface area (TPSA) is 101 Å². The number of esters is 2. The van der Waals surface area contributed by atoms with Gasteiger partial charge in [-0.15, -0.1) is 0 Å². The number of halogens is 1. The van der Waals surface area contributed by atoms with Crippen LogP contribution in [-0.4, -0.2) is 41.5 Å². The van der Waals surface area contributed by atoms with Crippen LogP contribution in [0.2, 0.25) is 5.02 Å². The number of benzene rings is 1. The summed E-state index contributed by atoms with van der Waals surface area (Å²) in [5, 5.41) is 0.483. The van der Waals surface area contributed by atoms with E-state index in [0.717, 1.165) is 5.56 Å². The largest absolute Gasteiger partial charge is 0.490 e. The minimum Gasteiger partial charge on any atom is -0.490 e. The number of hydrogen-bond acceptors (Lipinski definition) is 8. The third kappa shape index (κ3) is 9.04. The summed E-state index contributed by atoms with van der Waals surface area (Å²) in [6.07, 6.45) is 0.793. The third-order valence-corrected chi connectivity index (χ3v) is 5.76. The second kappa shape index (κ2) is 14.0. The summed E-state index contributed by atoms with van der Waals surface area (Å²) in [7, 11) is 0. The van der Waals surface area contributed by atoms with Crippen LogP contribution in [0.25, 0.3) is 0 Å². The molecule has 2 aromatic rings. The second-order valence-electron chi connectivity index (χ2n) is 9.40. The number of ketones is 1. The molecule has 9 heteroatoms. The molecule has 202 valence electrons. The quantitative estimate of drug-likeness (QED) is 0.228. The highest BCUT2D eigenvalue weighted by molar-refractivity contribution is 6.32. The Bertz CT molecular complexity index is 1100. The van der Waals surface area contributed by atoms with Crippen LogP contribution in [0.3, 0.4) is 0 Å². The van der Waals surface area contributed by atoms with Gasteiger partial charge in [-0.05, 0) is 50.8 Å². The van der Waals surface area contributed by atoms with Gasteiger partial charge in [-0.1, -0.05) is 38.4 Å². The summed E-state index contributed by atoms with van der Waals surface area (Å²) < 4.78 is 22.5. The molecule has 0 aliphatic heterocycles. The van der Waals surface area contributed by atoms with E-state index in [1.165, 1.54) is 19.2 Å².